The molecule has 4 heterocycles. The molecule has 2 saturated heterocycles. The van der Waals surface area contributed by atoms with Crippen LogP contribution in [0.1, 0.15) is 46.5 Å². The summed E-state index contributed by atoms with van der Waals surface area (Å²) < 4.78 is 16.2. The van der Waals surface area contributed by atoms with Gasteiger partial charge in [-0.2, -0.15) is 0 Å². The fraction of sp³-hybridized carbons (Fsp3) is 0.257. The zero-order valence-electron chi connectivity index (χ0n) is 50.9. The van der Waals surface area contributed by atoms with Gasteiger partial charge in [0.15, 0.2) is 11.6 Å². The second kappa shape index (κ2) is 36.3. The molecule has 0 saturated carbocycles. The Balaban J connectivity index is 0.000000193. The van der Waals surface area contributed by atoms with E-state index in [-0.39, 0.29) is 43.2 Å². The van der Waals surface area contributed by atoms with Gasteiger partial charge in [-0.1, -0.05) is 125 Å². The van der Waals surface area contributed by atoms with Crippen LogP contribution >= 0.6 is 70.4 Å². The summed E-state index contributed by atoms with van der Waals surface area (Å²) >= 11 is 24.0. The van der Waals surface area contributed by atoms with Crippen LogP contribution in [0.3, 0.4) is 0 Å². The third-order valence-electron chi connectivity index (χ3n) is 14.0. The van der Waals surface area contributed by atoms with Gasteiger partial charge in [0, 0.05) is 86.1 Å². The lowest BCUT2D eigenvalue weighted by molar-refractivity contribution is -0.160. The second-order valence-corrected chi connectivity index (χ2v) is 23.9. The van der Waals surface area contributed by atoms with Crippen LogP contribution in [0.2, 0.25) is 20.1 Å². The highest BCUT2D eigenvalue weighted by Gasteiger charge is 2.25. The number of anilines is 11. The highest BCUT2D eigenvalue weighted by atomic mass is 127. The van der Waals surface area contributed by atoms with E-state index in [1.165, 1.54) is 0 Å². The number of halogens is 5. The minimum absolute atomic E-state index is 0. The van der Waals surface area contributed by atoms with Crippen LogP contribution in [0.15, 0.2) is 213 Å². The van der Waals surface area contributed by atoms with Crippen LogP contribution in [0.5, 0.6) is 0 Å². The molecule has 0 aliphatic carbocycles. The van der Waals surface area contributed by atoms with Crippen molar-refractivity contribution in [3.63, 3.8) is 0 Å². The first kappa shape index (κ1) is 70.7. The zero-order chi connectivity index (χ0) is 63.7. The lowest BCUT2D eigenvalue weighted by atomic mass is 9.98. The Morgan fingerprint density at radius 3 is 1.33 bits per heavy atom. The topological polar surface area (TPSA) is 185 Å². The quantitative estimate of drug-likeness (QED) is 0.0418. The Labute approximate surface area is 570 Å². The Morgan fingerprint density at radius 2 is 0.923 bits per heavy atom. The number of aliphatic carboxylic acids is 1. The summed E-state index contributed by atoms with van der Waals surface area (Å²) in [5, 5.41) is 14.7. The molecule has 2 aliphatic rings. The minimum Gasteiger partial charge on any atom is -0.480 e. The average Bonchev–Trinajstić information content (AvgIpc) is 0.937. The number of aromatic nitrogens is 4. The Hall–Kier alpha value is -7.75. The van der Waals surface area contributed by atoms with Gasteiger partial charge in [-0.05, 0) is 167 Å². The molecule has 0 bridgehead atoms. The minimum atomic E-state index is -0.933. The van der Waals surface area contributed by atoms with Crippen molar-refractivity contribution < 1.29 is 28.9 Å². The molecule has 476 valence electrons. The largest absolute Gasteiger partial charge is 0.480 e. The molecule has 0 spiro atoms. The predicted octanol–water partition coefficient (Wildman–Crippen LogP) is 17.7. The molecule has 2 fully saturated rings. The number of piperidine rings is 2. The lowest BCUT2D eigenvalue weighted by Crippen LogP contribution is -2.36. The van der Waals surface area contributed by atoms with E-state index in [4.69, 9.17) is 81.4 Å². The number of benzene rings is 7. The molecule has 2 aliphatic heterocycles. The molecule has 0 unspecified atom stereocenters. The van der Waals surface area contributed by atoms with Gasteiger partial charge in [-0.25, -0.2) is 19.6 Å². The van der Waals surface area contributed by atoms with Crippen LogP contribution in [0.4, 0.5) is 63.1 Å². The Kier molecular flexibility index (Phi) is 28.2. The van der Waals surface area contributed by atoms with Crippen LogP contribution in [-0.2, 0) is 23.8 Å². The van der Waals surface area contributed by atoms with E-state index in [1.807, 2.05) is 202 Å². The van der Waals surface area contributed by atoms with Gasteiger partial charge in [-0.15, -0.1) is 24.0 Å². The lowest BCUT2D eigenvalue weighted by Gasteiger charge is -2.33. The van der Waals surface area contributed by atoms with E-state index < -0.39 is 11.6 Å². The summed E-state index contributed by atoms with van der Waals surface area (Å²) in [5.41, 5.74) is 11.4. The summed E-state index contributed by atoms with van der Waals surface area (Å²) in [6.07, 6.45) is 10.9. The fourth-order valence-corrected chi connectivity index (χ4v) is 10.6. The van der Waals surface area contributed by atoms with Crippen molar-refractivity contribution in [3.05, 3.63) is 233 Å². The smallest absolute Gasteiger partial charge is 0.332 e. The van der Waals surface area contributed by atoms with E-state index in [2.05, 4.69) is 30.0 Å². The van der Waals surface area contributed by atoms with Gasteiger partial charge in [-0.3, -0.25) is 19.8 Å². The Bertz CT molecular complexity index is 3650. The molecule has 91 heavy (non-hydrogen) atoms. The van der Waals surface area contributed by atoms with Crippen LogP contribution in [0, 0.1) is 11.8 Å². The fourth-order valence-electron chi connectivity index (χ4n) is 9.83. The zero-order valence-corrected chi connectivity index (χ0v) is 56.3. The molecule has 11 rings (SSSR count). The predicted molar refractivity (Wildman–Crippen MR) is 381 cm³/mol. The molecule has 21 heteroatoms. The molecule has 9 aromatic rings. The van der Waals surface area contributed by atoms with Gasteiger partial charge >= 0.3 is 11.9 Å². The first-order valence-corrected chi connectivity index (χ1v) is 31.1. The first-order chi connectivity index (χ1) is 43.5. The molecule has 16 nitrogen and oxygen atoms in total. The number of nitrogens with one attached hydrogen (secondary N) is 1. The van der Waals surface area contributed by atoms with Crippen molar-refractivity contribution in [2.24, 2.45) is 11.8 Å². The van der Waals surface area contributed by atoms with Crippen LogP contribution < -0.4 is 30.7 Å². The van der Waals surface area contributed by atoms with Crippen molar-refractivity contribution in [2.75, 3.05) is 83.3 Å². The maximum atomic E-state index is 11.9. The van der Waals surface area contributed by atoms with Crippen LogP contribution in [0.25, 0.3) is 0 Å². The van der Waals surface area contributed by atoms with Crippen molar-refractivity contribution in [2.45, 2.75) is 52.1 Å². The van der Waals surface area contributed by atoms with Crippen LogP contribution in [-0.4, -0.2) is 95.2 Å². The first-order valence-electron chi connectivity index (χ1n) is 29.5. The summed E-state index contributed by atoms with van der Waals surface area (Å²) in [5.74, 6) is 2.58. The van der Waals surface area contributed by atoms with Gasteiger partial charge in [0.25, 0.3) is 0 Å². The molecular formula is C70H75Cl4IN10O6. The van der Waals surface area contributed by atoms with E-state index >= 15 is 0 Å². The van der Waals surface area contributed by atoms with Gasteiger partial charge in [0.1, 0.15) is 30.5 Å². The molecule has 7 aromatic carbocycles. The molecule has 0 amide bonds. The third-order valence-corrected chi connectivity index (χ3v) is 15.0. The number of para-hydroxylation sites is 3. The number of ether oxygens (including phenoxy) is 3. The monoisotopic (exact) mass is 1420 g/mol. The number of hydrogen-bond acceptors (Lipinski definition) is 15. The van der Waals surface area contributed by atoms with E-state index in [9.17, 15) is 9.59 Å². The highest BCUT2D eigenvalue weighted by Crippen LogP contribution is 2.37. The third kappa shape index (κ3) is 23.8. The SMILES string of the molecule is CC(C)(C)OC(=O)COCC1CCN(c2cncc(N(c3ccccc3)c3cccc(Cl)c3)n2)CC1.Clc1cccc(Nc2ccccc2)c1.I.Nc1cccc(Cl)c1.O=C(O)COCC1CCN(c2cncc(N(c3ccccc3)c3cccc(Cl)c3)n2)CC1. The Morgan fingerprint density at radius 1 is 0.527 bits per heavy atom. The van der Waals surface area contributed by atoms with Crippen molar-refractivity contribution in [1.29, 1.82) is 0 Å². The average molecular weight is 1420 g/mol. The summed E-state index contributed by atoms with van der Waals surface area (Å²) in [4.78, 5) is 49.9. The second-order valence-electron chi connectivity index (χ2n) is 22.2. The van der Waals surface area contributed by atoms with Crippen molar-refractivity contribution in [1.82, 2.24) is 19.9 Å². The number of esters is 1. The molecule has 4 N–H and O–H groups in total. The number of nitrogens with two attached hydrogens (primary N) is 1. The molecule has 0 radical (unpaired) electrons. The number of carboxylic acids is 1. The van der Waals surface area contributed by atoms with E-state index in [0.29, 0.717) is 51.6 Å². The maximum absolute atomic E-state index is 11.9. The maximum Gasteiger partial charge on any atom is 0.332 e. The number of rotatable bonds is 18. The number of hydrogen-bond donors (Lipinski definition) is 3. The summed E-state index contributed by atoms with van der Waals surface area (Å²) in [6.45, 7) is 9.67. The number of carboxylic acid groups (broad SMARTS) is 1. The summed E-state index contributed by atoms with van der Waals surface area (Å²) in [7, 11) is 0. The number of carbonyl (C=O) groups excluding carboxylic acids is 1. The number of carbonyl (C=O) groups is 2. The molecular weight excluding hydrogens is 1350 g/mol. The van der Waals surface area contributed by atoms with Gasteiger partial charge < -0.3 is 40.2 Å². The molecule has 0 atom stereocenters. The van der Waals surface area contributed by atoms with Crippen molar-refractivity contribution >= 4 is 145 Å². The normalized spacial score (nSPS) is 13.1. The molecule has 2 aromatic heterocycles. The highest BCUT2D eigenvalue weighted by molar-refractivity contribution is 14.0. The summed E-state index contributed by atoms with van der Waals surface area (Å²) in [6, 6.07) is 60.2. The van der Waals surface area contributed by atoms with E-state index in [0.717, 1.165) is 108 Å². The standard InChI is InChI=1S/C28H33ClN4O3.C24H25ClN4O3.C12H10ClN.C6H6ClN.HI/c1-28(2,3)36-27(34)20-35-19-21-12-14-32(15-13-21)25-17-30-18-26(31-25)33(23-9-5-4-6-10-23)24-11-7-8-22(29)16-24;25-19-5-4-8-21(13-19)29(20-6-2-1-3-7-20)23-15-26-14-22(27-23)28-11-9-18(10-12-28)16-32-17-24(30)31;13-10-5-4-8-12(9-10)14-11-6-2-1-3-7-11;7-5-2-1-3-6(8)4-5;/h4-11,16-18,21H,12-15,19-20H2,1-3H3;1-8,13-15,18H,9-12,16-17H2,(H,30,31);1-9,14H;1-4H,8H2;1H. The van der Waals surface area contributed by atoms with Crippen molar-refractivity contribution in [3.8, 4) is 0 Å². The van der Waals surface area contributed by atoms with E-state index in [1.54, 1.807) is 36.8 Å². The van der Waals surface area contributed by atoms with Gasteiger partial charge in [0.05, 0.1) is 38.0 Å². The number of nitrogens with zero attached hydrogens (tertiary/aromatic N) is 8. The van der Waals surface area contributed by atoms with Gasteiger partial charge in [0.2, 0.25) is 0 Å². The number of nitrogen functional groups attached to an aromatic ring is 1.